The molecule has 1 unspecified atom stereocenters. The third-order valence-corrected chi connectivity index (χ3v) is 6.15. The minimum absolute atomic E-state index is 0.0392. The fraction of sp³-hybridized carbons (Fsp3) is 0.235. The molecule has 0 aromatic heterocycles. The summed E-state index contributed by atoms with van der Waals surface area (Å²) >= 11 is 1.60. The minimum Gasteiger partial charge on any atom is -0.355 e. The van der Waals surface area contributed by atoms with E-state index in [0.29, 0.717) is 13.0 Å². The molecule has 24 heavy (non-hydrogen) atoms. The third-order valence-electron chi connectivity index (χ3n) is 3.90. The molecule has 1 heterocycles. The summed E-state index contributed by atoms with van der Waals surface area (Å²) in [6, 6.07) is 14.5. The maximum atomic E-state index is 12.3. The first kappa shape index (κ1) is 17.0. The lowest BCUT2D eigenvalue weighted by Gasteiger charge is -2.10. The first-order valence-corrected chi connectivity index (χ1v) is 10.00. The number of hydrogen-bond donors (Lipinski definition) is 2. The monoisotopic (exact) mass is 362 g/mol. The molecule has 0 bridgehead atoms. The van der Waals surface area contributed by atoms with E-state index in [0.717, 1.165) is 12.0 Å². The van der Waals surface area contributed by atoms with Crippen LogP contribution in [0.2, 0.25) is 0 Å². The molecule has 3 rings (SSSR count). The molecule has 0 saturated heterocycles. The van der Waals surface area contributed by atoms with Gasteiger partial charge in [-0.2, -0.15) is 0 Å². The first-order valence-electron chi connectivity index (χ1n) is 7.57. The average Bonchev–Trinajstić information content (AvgIpc) is 2.98. The van der Waals surface area contributed by atoms with Gasteiger partial charge in [-0.05, 0) is 42.2 Å². The maximum Gasteiger partial charge on any atom is 0.238 e. The van der Waals surface area contributed by atoms with Crippen molar-refractivity contribution in [3.8, 4) is 0 Å². The topological polar surface area (TPSA) is 89.3 Å². The molecule has 3 N–H and O–H groups in total. The zero-order valence-corrected chi connectivity index (χ0v) is 14.6. The van der Waals surface area contributed by atoms with Crippen LogP contribution in [0.1, 0.15) is 11.1 Å². The normalized spacial score (nSPS) is 16.6. The van der Waals surface area contributed by atoms with Crippen LogP contribution in [-0.2, 0) is 27.7 Å². The van der Waals surface area contributed by atoms with Gasteiger partial charge in [0.05, 0.1) is 10.1 Å². The van der Waals surface area contributed by atoms with E-state index in [9.17, 15) is 13.2 Å². The van der Waals surface area contributed by atoms with Gasteiger partial charge in [-0.1, -0.05) is 30.3 Å². The highest BCUT2D eigenvalue weighted by Gasteiger charge is 2.27. The van der Waals surface area contributed by atoms with E-state index >= 15 is 0 Å². The van der Waals surface area contributed by atoms with Crippen molar-refractivity contribution in [3.63, 3.8) is 0 Å². The Morgan fingerprint density at radius 2 is 1.88 bits per heavy atom. The van der Waals surface area contributed by atoms with Gasteiger partial charge in [0.1, 0.15) is 0 Å². The lowest BCUT2D eigenvalue weighted by atomic mass is 10.1. The number of fused-ring (bicyclic) bond motifs is 1. The predicted octanol–water partition coefficient (Wildman–Crippen LogP) is 1.71. The second-order valence-corrected chi connectivity index (χ2v) is 8.45. The van der Waals surface area contributed by atoms with Gasteiger partial charge < -0.3 is 5.32 Å². The van der Waals surface area contributed by atoms with Crippen LogP contribution >= 0.6 is 11.8 Å². The van der Waals surface area contributed by atoms with E-state index in [-0.39, 0.29) is 16.1 Å². The number of nitrogens with two attached hydrogens (primary N) is 1. The summed E-state index contributed by atoms with van der Waals surface area (Å²) < 4.78 is 22.4. The number of thioether (sulfide) groups is 1. The van der Waals surface area contributed by atoms with Crippen LogP contribution in [0.5, 0.6) is 0 Å². The summed E-state index contributed by atoms with van der Waals surface area (Å²) in [6.07, 6.45) is 1.40. The van der Waals surface area contributed by atoms with Crippen molar-refractivity contribution in [1.82, 2.24) is 5.32 Å². The second kappa shape index (κ2) is 6.96. The number of primary sulfonamides is 1. The molecule has 0 aliphatic carbocycles. The van der Waals surface area contributed by atoms with Crippen LogP contribution in [0.4, 0.5) is 0 Å². The second-order valence-electron chi connectivity index (χ2n) is 5.65. The van der Waals surface area contributed by atoms with Crippen molar-refractivity contribution in [1.29, 1.82) is 0 Å². The Kier molecular flexibility index (Phi) is 4.93. The number of carbonyl (C=O) groups is 1. The van der Waals surface area contributed by atoms with Crippen molar-refractivity contribution < 1.29 is 13.2 Å². The highest BCUT2D eigenvalue weighted by molar-refractivity contribution is 8.01. The molecule has 0 spiro atoms. The number of hydrogen-bond acceptors (Lipinski definition) is 4. The summed E-state index contributed by atoms with van der Waals surface area (Å²) in [4.78, 5) is 13.5. The highest BCUT2D eigenvalue weighted by Crippen LogP contribution is 2.36. The molecule has 1 amide bonds. The molecule has 0 fully saturated rings. The van der Waals surface area contributed by atoms with E-state index in [2.05, 4.69) is 11.4 Å². The minimum atomic E-state index is -3.66. The molecule has 5 nitrogen and oxygen atoms in total. The van der Waals surface area contributed by atoms with Gasteiger partial charge in [0.2, 0.25) is 15.9 Å². The number of amides is 1. The van der Waals surface area contributed by atoms with Gasteiger partial charge in [0.25, 0.3) is 0 Å². The van der Waals surface area contributed by atoms with Crippen LogP contribution in [0.25, 0.3) is 0 Å². The maximum absolute atomic E-state index is 12.3. The van der Waals surface area contributed by atoms with E-state index in [4.69, 9.17) is 5.14 Å². The SMILES string of the molecule is NS(=O)(=O)c1ccc(CCNC(=O)C2Cc3ccccc3S2)cc1. The molecule has 0 saturated carbocycles. The van der Waals surface area contributed by atoms with Gasteiger partial charge in [-0.15, -0.1) is 11.8 Å². The molecule has 7 heteroatoms. The fourth-order valence-corrected chi connectivity index (χ4v) is 4.35. The molecule has 1 aliphatic heterocycles. The molecule has 2 aromatic carbocycles. The number of benzene rings is 2. The summed E-state index contributed by atoms with van der Waals surface area (Å²) in [7, 11) is -3.66. The molecule has 1 aliphatic rings. The Hall–Kier alpha value is -1.83. The molecule has 0 radical (unpaired) electrons. The van der Waals surface area contributed by atoms with Crippen molar-refractivity contribution >= 4 is 27.7 Å². The number of rotatable bonds is 5. The third kappa shape index (κ3) is 3.98. The molecule has 126 valence electrons. The lowest BCUT2D eigenvalue weighted by Crippen LogP contribution is -2.33. The number of nitrogens with one attached hydrogen (secondary N) is 1. The predicted molar refractivity (Wildman–Crippen MR) is 94.3 cm³/mol. The van der Waals surface area contributed by atoms with Crippen LogP contribution in [0.3, 0.4) is 0 Å². The Bertz CT molecular complexity index is 823. The van der Waals surface area contributed by atoms with Gasteiger partial charge in [-0.25, -0.2) is 13.6 Å². The first-order chi connectivity index (χ1) is 11.4. The lowest BCUT2D eigenvalue weighted by molar-refractivity contribution is -0.120. The van der Waals surface area contributed by atoms with Crippen molar-refractivity contribution in [2.75, 3.05) is 6.54 Å². The summed E-state index contributed by atoms with van der Waals surface area (Å²) in [5.41, 5.74) is 2.17. The van der Waals surface area contributed by atoms with Gasteiger partial charge in [0.15, 0.2) is 0 Å². The summed E-state index contributed by atoms with van der Waals surface area (Å²) in [5.74, 6) is 0.0392. The fourth-order valence-electron chi connectivity index (χ4n) is 2.62. The van der Waals surface area contributed by atoms with Gasteiger partial charge in [0, 0.05) is 11.4 Å². The Morgan fingerprint density at radius 3 is 2.54 bits per heavy atom. The molecule has 1 atom stereocenters. The van der Waals surface area contributed by atoms with Gasteiger partial charge in [-0.3, -0.25) is 4.79 Å². The van der Waals surface area contributed by atoms with E-state index in [1.54, 1.807) is 23.9 Å². The standard InChI is InChI=1S/C17H18N2O3S2/c18-24(21,22)14-7-5-12(6-8-14)9-10-19-17(20)16-11-13-3-1-2-4-15(13)23-16/h1-8,16H,9-11H2,(H,19,20)(H2,18,21,22). The largest absolute Gasteiger partial charge is 0.355 e. The average molecular weight is 362 g/mol. The van der Waals surface area contributed by atoms with E-state index in [1.165, 1.54) is 22.6 Å². The Balaban J connectivity index is 1.49. The summed E-state index contributed by atoms with van der Waals surface area (Å²) in [6.45, 7) is 0.515. The quantitative estimate of drug-likeness (QED) is 0.847. The zero-order valence-electron chi connectivity index (χ0n) is 12.9. The zero-order chi connectivity index (χ0) is 17.2. The van der Waals surface area contributed by atoms with Crippen LogP contribution in [-0.4, -0.2) is 26.1 Å². The van der Waals surface area contributed by atoms with Crippen LogP contribution < -0.4 is 10.5 Å². The Labute approximate surface area is 145 Å². The smallest absolute Gasteiger partial charge is 0.238 e. The van der Waals surface area contributed by atoms with Gasteiger partial charge >= 0.3 is 0 Å². The van der Waals surface area contributed by atoms with Crippen LogP contribution in [0, 0.1) is 0 Å². The highest BCUT2D eigenvalue weighted by atomic mass is 32.2. The number of carbonyl (C=O) groups excluding carboxylic acids is 1. The molecule has 2 aromatic rings. The van der Waals surface area contributed by atoms with Crippen LogP contribution in [0.15, 0.2) is 58.3 Å². The number of sulfonamides is 1. The summed E-state index contributed by atoms with van der Waals surface area (Å²) in [5, 5.41) is 7.94. The Morgan fingerprint density at radius 1 is 1.17 bits per heavy atom. The molecular weight excluding hydrogens is 344 g/mol. The van der Waals surface area contributed by atoms with E-state index < -0.39 is 10.0 Å². The van der Waals surface area contributed by atoms with Crippen molar-refractivity contribution in [3.05, 3.63) is 59.7 Å². The van der Waals surface area contributed by atoms with E-state index in [1.807, 2.05) is 18.2 Å². The van der Waals surface area contributed by atoms with Crippen molar-refractivity contribution in [2.24, 2.45) is 5.14 Å². The molecular formula is C17H18N2O3S2. The van der Waals surface area contributed by atoms with Crippen molar-refractivity contribution in [2.45, 2.75) is 27.9 Å².